The fourth-order valence-electron chi connectivity index (χ4n) is 1.69. The second-order valence-electron chi connectivity index (χ2n) is 4.42. The minimum absolute atomic E-state index is 0.751. The summed E-state index contributed by atoms with van der Waals surface area (Å²) in [5.74, 6) is 0.751. The van der Waals surface area contributed by atoms with Crippen LogP contribution in [0, 0.1) is 13.8 Å². The zero-order chi connectivity index (χ0) is 12.7. The van der Waals surface area contributed by atoms with Crippen molar-refractivity contribution in [1.82, 2.24) is 5.32 Å². The van der Waals surface area contributed by atoms with Gasteiger partial charge in [-0.15, -0.1) is 0 Å². The van der Waals surface area contributed by atoms with Crippen molar-refractivity contribution in [2.24, 2.45) is 0 Å². The minimum Gasteiger partial charge on any atom is -0.317 e. The highest BCUT2D eigenvalue weighted by Crippen LogP contribution is 2.15. The van der Waals surface area contributed by atoms with Gasteiger partial charge in [0.25, 0.3) is 0 Å². The molecule has 0 saturated carbocycles. The van der Waals surface area contributed by atoms with Crippen molar-refractivity contribution in [1.29, 1.82) is 0 Å². The fraction of sp³-hybridized carbons (Fsp3) is 0.571. The molecule has 1 N–H and O–H groups in total. The van der Waals surface area contributed by atoms with Crippen LogP contribution in [0.3, 0.4) is 0 Å². The van der Waals surface area contributed by atoms with E-state index in [1.54, 1.807) is 0 Å². The van der Waals surface area contributed by atoms with E-state index in [-0.39, 0.29) is 0 Å². The molecule has 0 aliphatic carbocycles. The standard InChI is InChI=1S/C14H23NOS/c1-4-8-15-9-5-10-17(16)14-11-12(2)6-7-13(14)3/h6-7,11,15H,4-5,8-10H2,1-3H3. The topological polar surface area (TPSA) is 29.1 Å². The summed E-state index contributed by atoms with van der Waals surface area (Å²) in [6, 6.07) is 6.17. The Morgan fingerprint density at radius 2 is 2.00 bits per heavy atom. The molecule has 96 valence electrons. The van der Waals surface area contributed by atoms with Gasteiger partial charge in [0, 0.05) is 10.6 Å². The van der Waals surface area contributed by atoms with Gasteiger partial charge in [0.1, 0.15) is 0 Å². The first-order valence-electron chi connectivity index (χ1n) is 6.31. The van der Waals surface area contributed by atoms with Crippen LogP contribution in [-0.2, 0) is 10.8 Å². The van der Waals surface area contributed by atoms with Crippen LogP contribution in [0.1, 0.15) is 30.9 Å². The molecule has 17 heavy (non-hydrogen) atoms. The van der Waals surface area contributed by atoms with Crippen LogP contribution in [0.25, 0.3) is 0 Å². The second-order valence-corrected chi connectivity index (χ2v) is 5.96. The highest BCUT2D eigenvalue weighted by molar-refractivity contribution is 7.85. The summed E-state index contributed by atoms with van der Waals surface area (Å²) in [4.78, 5) is 1.00. The van der Waals surface area contributed by atoms with Gasteiger partial charge in [-0.2, -0.15) is 0 Å². The molecule has 1 rings (SSSR count). The molecule has 1 unspecified atom stereocenters. The highest BCUT2D eigenvalue weighted by atomic mass is 32.2. The van der Waals surface area contributed by atoms with E-state index in [4.69, 9.17) is 0 Å². The predicted octanol–water partition coefficient (Wildman–Crippen LogP) is 2.80. The lowest BCUT2D eigenvalue weighted by Gasteiger charge is -2.07. The van der Waals surface area contributed by atoms with Gasteiger partial charge in [0.2, 0.25) is 0 Å². The molecule has 0 amide bonds. The maximum Gasteiger partial charge on any atom is 0.0532 e. The van der Waals surface area contributed by atoms with E-state index in [9.17, 15) is 4.21 Å². The summed E-state index contributed by atoms with van der Waals surface area (Å²) in [6.07, 6.45) is 2.13. The van der Waals surface area contributed by atoms with Gasteiger partial charge in [-0.05, 0) is 57.0 Å². The number of hydrogen-bond donors (Lipinski definition) is 1. The minimum atomic E-state index is -0.851. The van der Waals surface area contributed by atoms with Gasteiger partial charge in [0.05, 0.1) is 10.8 Å². The molecule has 1 aromatic carbocycles. The Hall–Kier alpha value is -0.670. The number of benzene rings is 1. The Morgan fingerprint density at radius 3 is 2.71 bits per heavy atom. The normalized spacial score (nSPS) is 12.6. The van der Waals surface area contributed by atoms with E-state index in [2.05, 4.69) is 24.4 Å². The zero-order valence-corrected chi connectivity index (χ0v) is 11.9. The van der Waals surface area contributed by atoms with E-state index >= 15 is 0 Å². The van der Waals surface area contributed by atoms with Crippen LogP contribution in [0.2, 0.25) is 0 Å². The first-order valence-corrected chi connectivity index (χ1v) is 7.63. The van der Waals surface area contributed by atoms with E-state index in [0.29, 0.717) is 0 Å². The van der Waals surface area contributed by atoms with Gasteiger partial charge in [0.15, 0.2) is 0 Å². The molecule has 0 heterocycles. The highest BCUT2D eigenvalue weighted by Gasteiger charge is 2.06. The van der Waals surface area contributed by atoms with E-state index in [1.807, 2.05) is 19.9 Å². The Labute approximate surface area is 107 Å². The van der Waals surface area contributed by atoms with Crippen LogP contribution in [0.4, 0.5) is 0 Å². The summed E-state index contributed by atoms with van der Waals surface area (Å²) < 4.78 is 12.1. The summed E-state index contributed by atoms with van der Waals surface area (Å²) in [5, 5.41) is 3.33. The molecule has 0 bridgehead atoms. The molecule has 0 aliphatic rings. The number of rotatable bonds is 7. The van der Waals surface area contributed by atoms with Crippen LogP contribution < -0.4 is 5.32 Å². The summed E-state index contributed by atoms with van der Waals surface area (Å²) >= 11 is 0. The summed E-state index contributed by atoms with van der Waals surface area (Å²) in [5.41, 5.74) is 2.32. The van der Waals surface area contributed by atoms with Crippen LogP contribution in [0.15, 0.2) is 23.1 Å². The molecule has 0 spiro atoms. The second kappa shape index (κ2) is 7.62. The molecule has 0 aromatic heterocycles. The molecular formula is C14H23NOS. The first kappa shape index (κ1) is 14.4. The number of hydrogen-bond acceptors (Lipinski definition) is 2. The average Bonchev–Trinajstić information content (AvgIpc) is 2.32. The Kier molecular flexibility index (Phi) is 6.45. The quantitative estimate of drug-likeness (QED) is 0.757. The largest absolute Gasteiger partial charge is 0.317 e. The van der Waals surface area contributed by atoms with Crippen molar-refractivity contribution in [3.8, 4) is 0 Å². The Balaban J connectivity index is 2.44. The predicted molar refractivity (Wildman–Crippen MR) is 75.0 cm³/mol. The van der Waals surface area contributed by atoms with Gasteiger partial charge in [-0.25, -0.2) is 0 Å². The molecule has 1 atom stereocenters. The lowest BCUT2D eigenvalue weighted by atomic mass is 10.2. The molecule has 0 radical (unpaired) electrons. The molecule has 0 aliphatic heterocycles. The van der Waals surface area contributed by atoms with Crippen LogP contribution in [0.5, 0.6) is 0 Å². The third-order valence-electron chi connectivity index (χ3n) is 2.70. The molecular weight excluding hydrogens is 230 g/mol. The van der Waals surface area contributed by atoms with Crippen molar-refractivity contribution < 1.29 is 4.21 Å². The van der Waals surface area contributed by atoms with Crippen molar-refractivity contribution in [2.75, 3.05) is 18.8 Å². The monoisotopic (exact) mass is 253 g/mol. The van der Waals surface area contributed by atoms with Gasteiger partial charge >= 0.3 is 0 Å². The maximum absolute atomic E-state index is 12.1. The zero-order valence-electron chi connectivity index (χ0n) is 11.1. The SMILES string of the molecule is CCCNCCCS(=O)c1cc(C)ccc1C. The lowest BCUT2D eigenvalue weighted by Crippen LogP contribution is -2.18. The van der Waals surface area contributed by atoms with E-state index in [0.717, 1.165) is 42.1 Å². The number of aryl methyl sites for hydroxylation is 2. The van der Waals surface area contributed by atoms with Crippen molar-refractivity contribution >= 4 is 10.8 Å². The summed E-state index contributed by atoms with van der Waals surface area (Å²) in [6.45, 7) is 8.24. The lowest BCUT2D eigenvalue weighted by molar-refractivity contribution is 0.652. The third-order valence-corrected chi connectivity index (χ3v) is 4.29. The maximum atomic E-state index is 12.1. The Morgan fingerprint density at radius 1 is 1.24 bits per heavy atom. The average molecular weight is 253 g/mol. The van der Waals surface area contributed by atoms with Crippen molar-refractivity contribution in [3.63, 3.8) is 0 Å². The van der Waals surface area contributed by atoms with E-state index in [1.165, 1.54) is 5.56 Å². The molecule has 3 heteroatoms. The molecule has 0 saturated heterocycles. The van der Waals surface area contributed by atoms with Crippen LogP contribution in [-0.4, -0.2) is 23.1 Å². The van der Waals surface area contributed by atoms with Crippen molar-refractivity contribution in [2.45, 2.75) is 38.5 Å². The molecule has 1 aromatic rings. The van der Waals surface area contributed by atoms with Gasteiger partial charge in [-0.3, -0.25) is 4.21 Å². The summed E-state index contributed by atoms with van der Waals surface area (Å²) in [7, 11) is -0.851. The Bertz CT molecular complexity index is 376. The molecule has 2 nitrogen and oxygen atoms in total. The van der Waals surface area contributed by atoms with Gasteiger partial charge < -0.3 is 5.32 Å². The fourth-order valence-corrected chi connectivity index (χ4v) is 3.06. The van der Waals surface area contributed by atoms with Crippen molar-refractivity contribution in [3.05, 3.63) is 29.3 Å². The van der Waals surface area contributed by atoms with Crippen LogP contribution >= 0.6 is 0 Å². The smallest absolute Gasteiger partial charge is 0.0532 e. The molecule has 0 fully saturated rings. The number of nitrogens with one attached hydrogen (secondary N) is 1. The first-order chi connectivity index (χ1) is 8.15. The third kappa shape index (κ3) is 5.00. The van der Waals surface area contributed by atoms with E-state index < -0.39 is 10.8 Å². The van der Waals surface area contributed by atoms with Gasteiger partial charge in [-0.1, -0.05) is 19.1 Å².